The molecule has 0 fully saturated rings. The van der Waals surface area contributed by atoms with Gasteiger partial charge in [-0.05, 0) is 8.17 Å². The molecule has 0 spiro atoms. The van der Waals surface area contributed by atoms with E-state index >= 15 is 0 Å². The maximum Gasteiger partial charge on any atom is 0.245 e. The SMILES string of the molecule is N=NC(=N)N(/C=C\I)/C=C\I. The summed E-state index contributed by atoms with van der Waals surface area (Å²) in [6.45, 7) is 0. The Morgan fingerprint density at radius 3 is 2.00 bits per heavy atom. The van der Waals surface area contributed by atoms with Crippen LogP contribution in [0.25, 0.3) is 0 Å². The van der Waals surface area contributed by atoms with Gasteiger partial charge in [-0.3, -0.25) is 10.3 Å². The number of nitrogens with zero attached hydrogens (tertiary/aromatic N) is 2. The van der Waals surface area contributed by atoms with Crippen LogP contribution in [-0.2, 0) is 0 Å². The van der Waals surface area contributed by atoms with E-state index < -0.39 is 0 Å². The monoisotopic (exact) mass is 376 g/mol. The van der Waals surface area contributed by atoms with E-state index in [-0.39, 0.29) is 5.96 Å². The summed E-state index contributed by atoms with van der Waals surface area (Å²) < 4.78 is 3.49. The Balaban J connectivity index is 4.32. The summed E-state index contributed by atoms with van der Waals surface area (Å²) in [5.74, 6) is -0.106. The topological polar surface area (TPSA) is 63.3 Å². The molecule has 0 rings (SSSR count). The molecule has 0 atom stereocenters. The van der Waals surface area contributed by atoms with Crippen LogP contribution < -0.4 is 0 Å². The van der Waals surface area contributed by atoms with Crippen molar-refractivity contribution in [2.75, 3.05) is 0 Å². The van der Waals surface area contributed by atoms with Crippen LogP contribution in [0.5, 0.6) is 0 Å². The second kappa shape index (κ2) is 6.70. The standard InChI is InChI=1S/C5H6I2N4/c6-1-3-11(4-2-7)5(8)10-9/h1-4,8-9H/b3-1-,4-2-,8-5?,10-9?. The first-order chi connectivity index (χ1) is 5.26. The highest BCUT2D eigenvalue weighted by atomic mass is 127. The maximum absolute atomic E-state index is 7.16. The molecule has 0 amide bonds. The van der Waals surface area contributed by atoms with Crippen molar-refractivity contribution in [2.45, 2.75) is 0 Å². The van der Waals surface area contributed by atoms with E-state index in [1.54, 1.807) is 20.6 Å². The third kappa shape index (κ3) is 4.45. The van der Waals surface area contributed by atoms with Gasteiger partial charge in [-0.25, -0.2) is 5.53 Å². The molecule has 0 aliphatic heterocycles. The van der Waals surface area contributed by atoms with E-state index in [4.69, 9.17) is 10.9 Å². The molecule has 0 unspecified atom stereocenters. The fraction of sp³-hybridized carbons (Fsp3) is 0. The molecule has 0 aromatic rings. The lowest BCUT2D eigenvalue weighted by Crippen LogP contribution is -2.15. The predicted molar refractivity (Wildman–Crippen MR) is 61.0 cm³/mol. The smallest absolute Gasteiger partial charge is 0.245 e. The molecular weight excluding hydrogens is 370 g/mol. The third-order valence-corrected chi connectivity index (χ3v) is 1.43. The molecule has 0 aromatic carbocycles. The fourth-order valence-corrected chi connectivity index (χ4v) is 1.06. The number of nitrogens with one attached hydrogen (secondary N) is 2. The Bertz CT molecular complexity index is 187. The van der Waals surface area contributed by atoms with Crippen molar-refractivity contribution in [3.63, 3.8) is 0 Å². The number of hydrogen-bond acceptors (Lipinski definition) is 2. The summed E-state index contributed by atoms with van der Waals surface area (Å²) in [6.07, 6.45) is 3.30. The Morgan fingerprint density at radius 1 is 1.27 bits per heavy atom. The summed E-state index contributed by atoms with van der Waals surface area (Å²) in [7, 11) is 0. The second-order valence-corrected chi connectivity index (χ2v) is 2.83. The van der Waals surface area contributed by atoms with Gasteiger partial charge in [0.1, 0.15) is 0 Å². The van der Waals surface area contributed by atoms with Gasteiger partial charge in [0, 0.05) is 12.4 Å². The molecule has 0 bridgehead atoms. The second-order valence-electron chi connectivity index (χ2n) is 1.39. The minimum absolute atomic E-state index is 0.106. The lowest BCUT2D eigenvalue weighted by atomic mass is 10.7. The minimum atomic E-state index is -0.106. The highest BCUT2D eigenvalue weighted by Gasteiger charge is 1.98. The fourth-order valence-electron chi connectivity index (χ4n) is 0.370. The van der Waals surface area contributed by atoms with Gasteiger partial charge in [0.05, 0.1) is 0 Å². The molecule has 6 heteroatoms. The molecule has 11 heavy (non-hydrogen) atoms. The van der Waals surface area contributed by atoms with Crippen LogP contribution in [0.4, 0.5) is 0 Å². The van der Waals surface area contributed by atoms with Crippen molar-refractivity contribution >= 4 is 51.1 Å². The summed E-state index contributed by atoms with van der Waals surface area (Å²) in [6, 6.07) is 0. The normalized spacial score (nSPS) is 10.7. The molecule has 0 saturated heterocycles. The van der Waals surface area contributed by atoms with Crippen molar-refractivity contribution in [3.8, 4) is 0 Å². The first-order valence-electron chi connectivity index (χ1n) is 2.54. The molecule has 0 aliphatic carbocycles. The zero-order chi connectivity index (χ0) is 8.69. The molecule has 2 N–H and O–H groups in total. The summed E-state index contributed by atoms with van der Waals surface area (Å²) in [4.78, 5) is 1.44. The Kier molecular flexibility index (Phi) is 6.71. The molecule has 0 aliphatic rings. The van der Waals surface area contributed by atoms with Gasteiger partial charge < -0.3 is 0 Å². The van der Waals surface area contributed by atoms with Crippen LogP contribution >= 0.6 is 45.2 Å². The lowest BCUT2D eigenvalue weighted by molar-refractivity contribution is 0.732. The average Bonchev–Trinajstić information content (AvgIpc) is 2.03. The van der Waals surface area contributed by atoms with Crippen LogP contribution in [-0.4, -0.2) is 10.9 Å². The largest absolute Gasteiger partial charge is 0.291 e. The molecule has 0 aromatic heterocycles. The van der Waals surface area contributed by atoms with Gasteiger partial charge in [-0.15, -0.1) is 5.11 Å². The van der Waals surface area contributed by atoms with Crippen LogP contribution in [0.2, 0.25) is 0 Å². The average molecular weight is 376 g/mol. The van der Waals surface area contributed by atoms with Gasteiger partial charge in [-0.1, -0.05) is 45.2 Å². The van der Waals surface area contributed by atoms with Crippen molar-refractivity contribution in [2.24, 2.45) is 5.11 Å². The lowest BCUT2D eigenvalue weighted by Gasteiger charge is -2.09. The minimum Gasteiger partial charge on any atom is -0.291 e. The van der Waals surface area contributed by atoms with Crippen LogP contribution in [0, 0.1) is 10.9 Å². The van der Waals surface area contributed by atoms with E-state index in [9.17, 15) is 0 Å². The zero-order valence-corrected chi connectivity index (χ0v) is 9.77. The first kappa shape index (κ1) is 11.0. The van der Waals surface area contributed by atoms with Crippen molar-refractivity contribution in [3.05, 3.63) is 20.6 Å². The van der Waals surface area contributed by atoms with Gasteiger partial charge in [-0.2, -0.15) is 0 Å². The number of hydrogen-bond donors (Lipinski definition) is 2. The molecule has 0 saturated carbocycles. The van der Waals surface area contributed by atoms with Crippen LogP contribution in [0.1, 0.15) is 0 Å². The Hall–Kier alpha value is 0.0100. The van der Waals surface area contributed by atoms with E-state index in [1.165, 1.54) is 4.90 Å². The molecule has 0 radical (unpaired) electrons. The van der Waals surface area contributed by atoms with Crippen molar-refractivity contribution in [1.29, 1.82) is 10.9 Å². The maximum atomic E-state index is 7.16. The van der Waals surface area contributed by atoms with Crippen molar-refractivity contribution in [1.82, 2.24) is 4.90 Å². The molecule has 0 heterocycles. The van der Waals surface area contributed by atoms with Crippen LogP contribution in [0.3, 0.4) is 0 Å². The highest BCUT2D eigenvalue weighted by molar-refractivity contribution is 14.1. The zero-order valence-electron chi connectivity index (χ0n) is 5.46. The number of guanidine groups is 1. The van der Waals surface area contributed by atoms with Crippen LogP contribution in [0.15, 0.2) is 25.7 Å². The number of rotatable bonds is 2. The summed E-state index contributed by atoms with van der Waals surface area (Å²) >= 11 is 4.07. The van der Waals surface area contributed by atoms with Gasteiger partial charge >= 0.3 is 0 Å². The third-order valence-electron chi connectivity index (χ3n) is 0.784. The summed E-state index contributed by atoms with van der Waals surface area (Å²) in [5, 5.41) is 10.1. The van der Waals surface area contributed by atoms with E-state index in [1.807, 2.05) is 45.2 Å². The van der Waals surface area contributed by atoms with Gasteiger partial charge in [0.2, 0.25) is 5.96 Å². The molecule has 4 nitrogen and oxygen atoms in total. The Labute approximate surface area is 92.0 Å². The van der Waals surface area contributed by atoms with E-state index in [0.717, 1.165) is 0 Å². The van der Waals surface area contributed by atoms with Gasteiger partial charge in [0.15, 0.2) is 0 Å². The highest BCUT2D eigenvalue weighted by Crippen LogP contribution is 1.99. The molecular formula is C5H6I2N4. The first-order valence-corrected chi connectivity index (χ1v) is 5.03. The Morgan fingerprint density at radius 2 is 1.73 bits per heavy atom. The quantitative estimate of drug-likeness (QED) is 0.331. The summed E-state index contributed by atoms with van der Waals surface area (Å²) in [5.41, 5.74) is 6.58. The predicted octanol–water partition coefficient (Wildman–Crippen LogP) is 3.07. The van der Waals surface area contributed by atoms with E-state index in [0.29, 0.717) is 0 Å². The van der Waals surface area contributed by atoms with Gasteiger partial charge in [0.25, 0.3) is 0 Å². The van der Waals surface area contributed by atoms with E-state index in [2.05, 4.69) is 5.11 Å². The molecule has 60 valence electrons. The number of halogens is 2. The van der Waals surface area contributed by atoms with Crippen molar-refractivity contribution < 1.29 is 0 Å².